The molecule has 2 aromatic carbocycles. The molecule has 0 atom stereocenters. The van der Waals surface area contributed by atoms with Crippen molar-refractivity contribution in [2.75, 3.05) is 0 Å². The molecule has 2 nitrogen and oxygen atoms in total. The average Bonchev–Trinajstić information content (AvgIpc) is 2.82. The smallest absolute Gasteiger partial charge is 0.185 e. The largest absolute Gasteiger partial charge is 0.290 e. The lowest BCUT2D eigenvalue weighted by molar-refractivity contribution is 0.513. The van der Waals surface area contributed by atoms with Crippen LogP contribution in [-0.4, -0.2) is 9.55 Å². The minimum Gasteiger partial charge on any atom is -0.290 e. The number of alkyl halides is 1. The summed E-state index contributed by atoms with van der Waals surface area (Å²) >= 11 is 8.94. The molecule has 1 heterocycles. The van der Waals surface area contributed by atoms with E-state index in [0.29, 0.717) is 4.47 Å². The van der Waals surface area contributed by atoms with Gasteiger partial charge in [0.15, 0.2) is 11.6 Å². The molecule has 108 valence electrons. The van der Waals surface area contributed by atoms with Gasteiger partial charge in [-0.3, -0.25) is 4.57 Å². The maximum Gasteiger partial charge on any atom is 0.185 e. The molecule has 0 bridgehead atoms. The van der Waals surface area contributed by atoms with Crippen molar-refractivity contribution in [2.24, 2.45) is 0 Å². The topological polar surface area (TPSA) is 17.8 Å². The molecule has 0 radical (unpaired) electrons. The van der Waals surface area contributed by atoms with E-state index in [2.05, 4.69) is 20.9 Å². The molecule has 0 aliphatic carbocycles. The van der Waals surface area contributed by atoms with Crippen LogP contribution in [0.1, 0.15) is 5.82 Å². The Morgan fingerprint density at radius 1 is 1.10 bits per heavy atom. The van der Waals surface area contributed by atoms with Crippen LogP contribution >= 0.6 is 27.5 Å². The summed E-state index contributed by atoms with van der Waals surface area (Å²) < 4.78 is 43.5. The SMILES string of the molecule is Fc1cc(Br)ccc1-n1c(CCl)nc2ccc(F)c(F)c21. The Hall–Kier alpha value is -1.53. The van der Waals surface area contributed by atoms with Crippen LogP contribution in [0.4, 0.5) is 13.2 Å². The number of benzene rings is 2. The highest BCUT2D eigenvalue weighted by atomic mass is 79.9. The van der Waals surface area contributed by atoms with E-state index in [1.54, 1.807) is 6.07 Å². The molecule has 0 amide bonds. The van der Waals surface area contributed by atoms with Crippen LogP contribution in [0.25, 0.3) is 16.7 Å². The second-order valence-electron chi connectivity index (χ2n) is 4.32. The normalized spacial score (nSPS) is 11.3. The molecule has 21 heavy (non-hydrogen) atoms. The molecular weight excluding hydrogens is 369 g/mol. The fraction of sp³-hybridized carbons (Fsp3) is 0.0714. The molecule has 0 aliphatic rings. The average molecular weight is 376 g/mol. The van der Waals surface area contributed by atoms with Crippen LogP contribution in [-0.2, 0) is 5.88 Å². The second-order valence-corrected chi connectivity index (χ2v) is 5.50. The van der Waals surface area contributed by atoms with Gasteiger partial charge in [0.25, 0.3) is 0 Å². The number of aromatic nitrogens is 2. The Morgan fingerprint density at radius 3 is 2.52 bits per heavy atom. The van der Waals surface area contributed by atoms with Crippen molar-refractivity contribution < 1.29 is 13.2 Å². The Morgan fingerprint density at radius 2 is 1.86 bits per heavy atom. The number of hydrogen-bond acceptors (Lipinski definition) is 1. The van der Waals surface area contributed by atoms with E-state index in [-0.39, 0.29) is 28.4 Å². The first kappa shape index (κ1) is 14.4. The van der Waals surface area contributed by atoms with E-state index in [4.69, 9.17) is 11.6 Å². The monoisotopic (exact) mass is 374 g/mol. The predicted octanol–water partition coefficient (Wildman–Crippen LogP) is 4.94. The molecular formula is C14H7BrClF3N2. The fourth-order valence-electron chi connectivity index (χ4n) is 2.16. The van der Waals surface area contributed by atoms with Gasteiger partial charge in [0, 0.05) is 4.47 Å². The van der Waals surface area contributed by atoms with Gasteiger partial charge >= 0.3 is 0 Å². The van der Waals surface area contributed by atoms with Crippen molar-refractivity contribution in [1.29, 1.82) is 0 Å². The minimum absolute atomic E-state index is 0.0563. The van der Waals surface area contributed by atoms with E-state index >= 15 is 0 Å². The third-order valence-corrected chi connectivity index (χ3v) is 3.78. The first-order valence-corrected chi connectivity index (χ1v) is 7.22. The van der Waals surface area contributed by atoms with Gasteiger partial charge in [-0.15, -0.1) is 11.6 Å². The predicted molar refractivity (Wildman–Crippen MR) is 78.2 cm³/mol. The van der Waals surface area contributed by atoms with Crippen LogP contribution in [0.15, 0.2) is 34.8 Å². The second kappa shape index (κ2) is 5.35. The standard InChI is InChI=1S/C14H7BrClF3N2/c15-7-1-4-11(9(18)5-7)21-12(6-16)20-10-3-2-8(17)13(19)14(10)21/h1-5H,6H2. The zero-order valence-electron chi connectivity index (χ0n) is 10.4. The third kappa shape index (κ3) is 2.32. The van der Waals surface area contributed by atoms with Crippen LogP contribution in [0.2, 0.25) is 0 Å². The highest BCUT2D eigenvalue weighted by Gasteiger charge is 2.20. The Kier molecular flexibility index (Phi) is 3.67. The first-order chi connectivity index (χ1) is 10.0. The van der Waals surface area contributed by atoms with E-state index in [9.17, 15) is 13.2 Å². The lowest BCUT2D eigenvalue weighted by Gasteiger charge is -2.10. The fourth-order valence-corrected chi connectivity index (χ4v) is 2.67. The maximum absolute atomic E-state index is 14.2. The Bertz CT molecular complexity index is 848. The van der Waals surface area contributed by atoms with Gasteiger partial charge in [-0.2, -0.15) is 0 Å². The van der Waals surface area contributed by atoms with Crippen molar-refractivity contribution in [2.45, 2.75) is 5.88 Å². The van der Waals surface area contributed by atoms with Gasteiger partial charge in [0.05, 0.1) is 17.1 Å². The van der Waals surface area contributed by atoms with E-state index in [1.807, 2.05) is 0 Å². The van der Waals surface area contributed by atoms with Crippen LogP contribution in [0, 0.1) is 17.5 Å². The van der Waals surface area contributed by atoms with Gasteiger partial charge in [-0.1, -0.05) is 15.9 Å². The van der Waals surface area contributed by atoms with Crippen molar-refractivity contribution in [3.05, 3.63) is 58.1 Å². The highest BCUT2D eigenvalue weighted by molar-refractivity contribution is 9.10. The summed E-state index contributed by atoms with van der Waals surface area (Å²) in [7, 11) is 0. The molecule has 0 N–H and O–H groups in total. The zero-order chi connectivity index (χ0) is 15.1. The lowest BCUT2D eigenvalue weighted by Crippen LogP contribution is -2.03. The third-order valence-electron chi connectivity index (χ3n) is 3.05. The zero-order valence-corrected chi connectivity index (χ0v) is 12.7. The van der Waals surface area contributed by atoms with Gasteiger partial charge in [0.2, 0.25) is 0 Å². The number of rotatable bonds is 2. The van der Waals surface area contributed by atoms with Gasteiger partial charge < -0.3 is 0 Å². The minimum atomic E-state index is -1.08. The number of hydrogen-bond donors (Lipinski definition) is 0. The summed E-state index contributed by atoms with van der Waals surface area (Å²) in [4.78, 5) is 4.12. The summed E-state index contributed by atoms with van der Waals surface area (Å²) in [5.41, 5.74) is 0.139. The number of imidazole rings is 1. The Balaban J connectivity index is 2.42. The maximum atomic E-state index is 14.2. The van der Waals surface area contributed by atoms with Gasteiger partial charge in [-0.05, 0) is 30.3 Å². The molecule has 0 unspecified atom stereocenters. The Labute approximate surface area is 131 Å². The van der Waals surface area contributed by atoms with Crippen molar-refractivity contribution in [3.63, 3.8) is 0 Å². The molecule has 3 aromatic rings. The molecule has 7 heteroatoms. The number of fused-ring (bicyclic) bond motifs is 1. The van der Waals surface area contributed by atoms with Gasteiger partial charge in [-0.25, -0.2) is 18.2 Å². The van der Waals surface area contributed by atoms with Crippen molar-refractivity contribution >= 4 is 38.6 Å². The molecule has 0 aliphatic heterocycles. The van der Waals surface area contributed by atoms with E-state index in [0.717, 1.165) is 6.07 Å². The summed E-state index contributed by atoms with van der Waals surface area (Å²) in [6.45, 7) is 0. The van der Waals surface area contributed by atoms with Crippen molar-refractivity contribution in [3.8, 4) is 5.69 Å². The van der Waals surface area contributed by atoms with E-state index < -0.39 is 17.5 Å². The molecule has 3 rings (SSSR count). The molecule has 0 saturated heterocycles. The molecule has 0 saturated carbocycles. The summed E-state index contributed by atoms with van der Waals surface area (Å²) in [6, 6.07) is 6.58. The van der Waals surface area contributed by atoms with Gasteiger partial charge in [0.1, 0.15) is 17.2 Å². The van der Waals surface area contributed by atoms with E-state index in [1.165, 1.54) is 22.8 Å². The summed E-state index contributed by atoms with van der Waals surface area (Å²) in [5.74, 6) is -2.54. The molecule has 0 fully saturated rings. The number of halogens is 5. The molecule has 0 spiro atoms. The number of nitrogens with zero attached hydrogens (tertiary/aromatic N) is 2. The first-order valence-electron chi connectivity index (χ1n) is 5.89. The quantitative estimate of drug-likeness (QED) is 0.580. The van der Waals surface area contributed by atoms with Crippen LogP contribution < -0.4 is 0 Å². The highest BCUT2D eigenvalue weighted by Crippen LogP contribution is 2.28. The summed E-state index contributed by atoms with van der Waals surface area (Å²) in [6.07, 6.45) is 0. The van der Waals surface area contributed by atoms with Crippen LogP contribution in [0.3, 0.4) is 0 Å². The molecule has 1 aromatic heterocycles. The lowest BCUT2D eigenvalue weighted by atomic mass is 10.2. The van der Waals surface area contributed by atoms with Crippen LogP contribution in [0.5, 0.6) is 0 Å². The summed E-state index contributed by atoms with van der Waals surface area (Å²) in [5, 5.41) is 0. The van der Waals surface area contributed by atoms with Crippen molar-refractivity contribution in [1.82, 2.24) is 9.55 Å².